The summed E-state index contributed by atoms with van der Waals surface area (Å²) in [6.45, 7) is 1.79. The molecule has 0 aliphatic heterocycles. The topological polar surface area (TPSA) is 64.6 Å². The molecule has 0 amide bonds. The molecule has 1 N–H and O–H groups in total. The van der Waals surface area contributed by atoms with Crippen molar-refractivity contribution in [1.29, 1.82) is 0 Å². The monoisotopic (exact) mass is 269 g/mol. The normalized spacial score (nSPS) is 11.6. The zero-order valence-corrected chi connectivity index (χ0v) is 11.0. The minimum absolute atomic E-state index is 0.0323. The van der Waals surface area contributed by atoms with Crippen LogP contribution in [0.25, 0.3) is 0 Å². The number of anilines is 1. The Morgan fingerprint density at radius 2 is 2.00 bits per heavy atom. The lowest BCUT2D eigenvalue weighted by atomic mass is 10.1. The van der Waals surface area contributed by atoms with Gasteiger partial charge in [-0.05, 0) is 24.6 Å². The zero-order chi connectivity index (χ0) is 14.4. The molecule has 0 heterocycles. The van der Waals surface area contributed by atoms with E-state index in [-0.39, 0.29) is 5.56 Å². The Morgan fingerprint density at radius 3 is 2.53 bits per heavy atom. The van der Waals surface area contributed by atoms with E-state index in [1.54, 1.807) is 6.92 Å². The Labute approximate surface area is 110 Å². The van der Waals surface area contributed by atoms with Crippen LogP contribution in [0.3, 0.4) is 0 Å². The van der Waals surface area contributed by atoms with Gasteiger partial charge in [-0.2, -0.15) is 0 Å². The number of ether oxygens (including phenoxy) is 2. The molecule has 0 fully saturated rings. The Balaban J connectivity index is 3.05. The van der Waals surface area contributed by atoms with Gasteiger partial charge in [0, 0.05) is 5.69 Å². The predicted octanol–water partition coefficient (Wildman–Crippen LogP) is 1.98. The maximum atomic E-state index is 13.2. The van der Waals surface area contributed by atoms with E-state index in [1.807, 2.05) is 0 Å². The molecule has 0 spiro atoms. The summed E-state index contributed by atoms with van der Waals surface area (Å²) in [5, 5.41) is 2.85. The predicted molar refractivity (Wildman–Crippen MR) is 67.5 cm³/mol. The average molecular weight is 269 g/mol. The summed E-state index contributed by atoms with van der Waals surface area (Å²) < 4.78 is 22.4. The first kappa shape index (κ1) is 14.9. The van der Waals surface area contributed by atoms with Crippen LogP contribution in [0.2, 0.25) is 0 Å². The molecule has 1 rings (SSSR count). The van der Waals surface area contributed by atoms with Gasteiger partial charge in [-0.15, -0.1) is 0 Å². The maximum Gasteiger partial charge on any atom is 0.340 e. The van der Waals surface area contributed by atoms with Gasteiger partial charge >= 0.3 is 11.9 Å². The molecule has 5 nitrogen and oxygen atoms in total. The molecular formula is C13H16FNO4. The van der Waals surface area contributed by atoms with Crippen LogP contribution >= 0.6 is 0 Å². The third-order valence-electron chi connectivity index (χ3n) is 2.61. The van der Waals surface area contributed by atoms with Crippen LogP contribution < -0.4 is 5.32 Å². The molecule has 0 aliphatic carbocycles. The molecule has 0 saturated carbocycles. The number of nitrogens with one attached hydrogen (secondary N) is 1. The SMILES string of the molecule is CCC(Nc1ccc(F)cc1C(=O)OC)C(=O)OC. The zero-order valence-electron chi connectivity index (χ0n) is 11.0. The lowest BCUT2D eigenvalue weighted by molar-refractivity contribution is -0.141. The number of carbonyl (C=O) groups excluding carboxylic acids is 2. The lowest BCUT2D eigenvalue weighted by Crippen LogP contribution is -2.30. The fourth-order valence-corrected chi connectivity index (χ4v) is 1.58. The van der Waals surface area contributed by atoms with Gasteiger partial charge in [0.15, 0.2) is 0 Å². The Kier molecular flexibility index (Phi) is 5.29. The van der Waals surface area contributed by atoms with E-state index < -0.39 is 23.8 Å². The lowest BCUT2D eigenvalue weighted by Gasteiger charge is -2.17. The summed E-state index contributed by atoms with van der Waals surface area (Å²) in [5.74, 6) is -1.69. The van der Waals surface area contributed by atoms with E-state index in [1.165, 1.54) is 26.4 Å². The minimum atomic E-state index is -0.679. The molecular weight excluding hydrogens is 253 g/mol. The third-order valence-corrected chi connectivity index (χ3v) is 2.61. The van der Waals surface area contributed by atoms with Crippen molar-refractivity contribution >= 4 is 17.6 Å². The number of methoxy groups -OCH3 is 2. The second-order valence-corrected chi connectivity index (χ2v) is 3.81. The number of rotatable bonds is 5. The summed E-state index contributed by atoms with van der Waals surface area (Å²) >= 11 is 0. The summed E-state index contributed by atoms with van der Waals surface area (Å²) in [4.78, 5) is 23.0. The van der Waals surface area contributed by atoms with Crippen LogP contribution in [-0.2, 0) is 14.3 Å². The van der Waals surface area contributed by atoms with Crippen molar-refractivity contribution in [2.75, 3.05) is 19.5 Å². The van der Waals surface area contributed by atoms with Crippen LogP contribution in [0, 0.1) is 5.82 Å². The van der Waals surface area contributed by atoms with Gasteiger partial charge in [0.1, 0.15) is 11.9 Å². The molecule has 0 aliphatic rings. The molecule has 0 bridgehead atoms. The smallest absolute Gasteiger partial charge is 0.340 e. The second kappa shape index (κ2) is 6.72. The number of benzene rings is 1. The highest BCUT2D eigenvalue weighted by Crippen LogP contribution is 2.20. The van der Waals surface area contributed by atoms with Gasteiger partial charge in [0.2, 0.25) is 0 Å². The third kappa shape index (κ3) is 3.67. The molecule has 0 saturated heterocycles. The molecule has 1 aromatic carbocycles. The highest BCUT2D eigenvalue weighted by atomic mass is 19.1. The standard InChI is InChI=1S/C13H16FNO4/c1-4-10(13(17)19-3)15-11-6-5-8(14)7-9(11)12(16)18-2/h5-7,10,15H,4H2,1-3H3. The summed E-state index contributed by atoms with van der Waals surface area (Å²) in [7, 11) is 2.48. The van der Waals surface area contributed by atoms with Gasteiger partial charge in [-0.1, -0.05) is 6.92 Å². The number of halogens is 1. The fourth-order valence-electron chi connectivity index (χ4n) is 1.58. The fraction of sp³-hybridized carbons (Fsp3) is 0.385. The molecule has 1 aromatic rings. The Bertz CT molecular complexity index is 476. The molecule has 6 heteroatoms. The summed E-state index contributed by atoms with van der Waals surface area (Å²) in [5.41, 5.74) is 0.357. The van der Waals surface area contributed by atoms with Crippen molar-refractivity contribution in [3.8, 4) is 0 Å². The Morgan fingerprint density at radius 1 is 1.32 bits per heavy atom. The molecule has 0 aromatic heterocycles. The first-order valence-electron chi connectivity index (χ1n) is 5.75. The van der Waals surface area contributed by atoms with Crippen molar-refractivity contribution < 1.29 is 23.5 Å². The van der Waals surface area contributed by atoms with Crippen LogP contribution in [0.1, 0.15) is 23.7 Å². The van der Waals surface area contributed by atoms with E-state index in [0.29, 0.717) is 12.1 Å². The number of carbonyl (C=O) groups is 2. The molecule has 104 valence electrons. The van der Waals surface area contributed by atoms with Crippen molar-refractivity contribution in [2.24, 2.45) is 0 Å². The van der Waals surface area contributed by atoms with Crippen molar-refractivity contribution in [2.45, 2.75) is 19.4 Å². The number of hydrogen-bond donors (Lipinski definition) is 1. The van der Waals surface area contributed by atoms with Crippen LogP contribution in [-0.4, -0.2) is 32.2 Å². The van der Waals surface area contributed by atoms with Gasteiger partial charge in [0.25, 0.3) is 0 Å². The number of esters is 2. The van der Waals surface area contributed by atoms with Gasteiger partial charge in [-0.3, -0.25) is 0 Å². The van der Waals surface area contributed by atoms with E-state index in [2.05, 4.69) is 14.8 Å². The van der Waals surface area contributed by atoms with Crippen LogP contribution in [0.5, 0.6) is 0 Å². The maximum absolute atomic E-state index is 13.2. The van der Waals surface area contributed by atoms with E-state index in [0.717, 1.165) is 6.07 Å². The summed E-state index contributed by atoms with van der Waals surface area (Å²) in [6, 6.07) is 3.02. The van der Waals surface area contributed by atoms with E-state index in [9.17, 15) is 14.0 Å². The van der Waals surface area contributed by atoms with E-state index in [4.69, 9.17) is 0 Å². The highest BCUT2D eigenvalue weighted by Gasteiger charge is 2.20. The van der Waals surface area contributed by atoms with Gasteiger partial charge in [0.05, 0.1) is 19.8 Å². The molecule has 1 unspecified atom stereocenters. The quantitative estimate of drug-likeness (QED) is 0.828. The van der Waals surface area contributed by atoms with Crippen molar-refractivity contribution in [3.05, 3.63) is 29.6 Å². The Hall–Kier alpha value is -2.11. The van der Waals surface area contributed by atoms with Gasteiger partial charge < -0.3 is 14.8 Å². The minimum Gasteiger partial charge on any atom is -0.467 e. The highest BCUT2D eigenvalue weighted by molar-refractivity contribution is 5.96. The van der Waals surface area contributed by atoms with Crippen LogP contribution in [0.4, 0.5) is 10.1 Å². The van der Waals surface area contributed by atoms with Gasteiger partial charge in [-0.25, -0.2) is 14.0 Å². The molecule has 1 atom stereocenters. The summed E-state index contributed by atoms with van der Waals surface area (Å²) in [6.07, 6.45) is 0.463. The molecule has 19 heavy (non-hydrogen) atoms. The number of hydrogen-bond acceptors (Lipinski definition) is 5. The molecule has 0 radical (unpaired) electrons. The van der Waals surface area contributed by atoms with Crippen LogP contribution in [0.15, 0.2) is 18.2 Å². The van der Waals surface area contributed by atoms with E-state index >= 15 is 0 Å². The van der Waals surface area contributed by atoms with Crippen molar-refractivity contribution in [1.82, 2.24) is 0 Å². The largest absolute Gasteiger partial charge is 0.467 e. The van der Waals surface area contributed by atoms with Crippen molar-refractivity contribution in [3.63, 3.8) is 0 Å². The average Bonchev–Trinajstić information content (AvgIpc) is 2.44. The second-order valence-electron chi connectivity index (χ2n) is 3.81. The first-order valence-corrected chi connectivity index (χ1v) is 5.75. The first-order chi connectivity index (χ1) is 9.03.